The van der Waals surface area contributed by atoms with E-state index in [1.165, 1.54) is 18.4 Å². The summed E-state index contributed by atoms with van der Waals surface area (Å²) >= 11 is 0. The van der Waals surface area contributed by atoms with Gasteiger partial charge in [0.1, 0.15) is 12.4 Å². The maximum Gasteiger partial charge on any atom is 0.124 e. The van der Waals surface area contributed by atoms with Gasteiger partial charge in [0.05, 0.1) is 6.10 Å². The van der Waals surface area contributed by atoms with E-state index in [2.05, 4.69) is 18.0 Å². The van der Waals surface area contributed by atoms with E-state index < -0.39 is 0 Å². The number of rotatable bonds is 7. The van der Waals surface area contributed by atoms with Crippen molar-refractivity contribution < 1.29 is 9.47 Å². The molecule has 1 N–H and O–H groups in total. The number of benzene rings is 1. The van der Waals surface area contributed by atoms with E-state index in [-0.39, 0.29) is 0 Å². The molecule has 0 bridgehead atoms. The van der Waals surface area contributed by atoms with Crippen LogP contribution in [0.3, 0.4) is 0 Å². The zero-order valence-corrected chi connectivity index (χ0v) is 10.7. The Morgan fingerprint density at radius 2 is 2.33 bits per heavy atom. The Kier molecular flexibility index (Phi) is 5.24. The van der Waals surface area contributed by atoms with Crippen LogP contribution in [0.15, 0.2) is 36.9 Å². The maximum atomic E-state index is 5.62. The first-order chi connectivity index (χ1) is 8.90. The molecule has 1 unspecified atom stereocenters. The second kappa shape index (κ2) is 7.19. The van der Waals surface area contributed by atoms with E-state index in [1.807, 2.05) is 18.2 Å². The van der Waals surface area contributed by atoms with Crippen molar-refractivity contribution in [3.63, 3.8) is 0 Å². The lowest BCUT2D eigenvalue weighted by atomic mass is 10.2. The molecule has 1 atom stereocenters. The Morgan fingerprint density at radius 3 is 3.11 bits per heavy atom. The van der Waals surface area contributed by atoms with Gasteiger partial charge in [-0.1, -0.05) is 30.9 Å². The predicted octanol–water partition coefficient (Wildman–Crippen LogP) is 2.52. The predicted molar refractivity (Wildman–Crippen MR) is 72.8 cm³/mol. The third-order valence-electron chi connectivity index (χ3n) is 3.04. The molecule has 0 spiro atoms. The molecule has 98 valence electrons. The highest BCUT2D eigenvalue weighted by Gasteiger charge is 2.14. The van der Waals surface area contributed by atoms with Crippen LogP contribution in [-0.2, 0) is 11.3 Å². The monoisotopic (exact) mass is 247 g/mol. The molecule has 1 fully saturated rings. The normalized spacial score (nSPS) is 18.8. The highest BCUT2D eigenvalue weighted by Crippen LogP contribution is 2.18. The van der Waals surface area contributed by atoms with Crippen LogP contribution in [0.25, 0.3) is 0 Å². The lowest BCUT2D eigenvalue weighted by Crippen LogP contribution is -2.26. The zero-order chi connectivity index (χ0) is 12.6. The highest BCUT2D eigenvalue weighted by molar-refractivity contribution is 5.33. The van der Waals surface area contributed by atoms with Crippen LogP contribution >= 0.6 is 0 Å². The average Bonchev–Trinajstić information content (AvgIpc) is 2.91. The van der Waals surface area contributed by atoms with Crippen LogP contribution in [0.5, 0.6) is 5.75 Å². The van der Waals surface area contributed by atoms with Crippen molar-refractivity contribution in [3.05, 3.63) is 42.5 Å². The Morgan fingerprint density at radius 1 is 1.44 bits per heavy atom. The zero-order valence-electron chi connectivity index (χ0n) is 10.7. The van der Waals surface area contributed by atoms with Gasteiger partial charge < -0.3 is 14.8 Å². The van der Waals surface area contributed by atoms with E-state index in [1.54, 1.807) is 6.08 Å². The number of hydrogen-bond acceptors (Lipinski definition) is 3. The first-order valence-corrected chi connectivity index (χ1v) is 6.54. The van der Waals surface area contributed by atoms with Crippen LogP contribution in [-0.4, -0.2) is 25.9 Å². The second-order valence-electron chi connectivity index (χ2n) is 4.47. The molecule has 0 aromatic heterocycles. The van der Waals surface area contributed by atoms with E-state index in [0.29, 0.717) is 12.7 Å². The molecule has 3 nitrogen and oxygen atoms in total. The lowest BCUT2D eigenvalue weighted by molar-refractivity contribution is 0.110. The van der Waals surface area contributed by atoms with E-state index in [4.69, 9.17) is 9.47 Å². The SMILES string of the molecule is C=CCOc1ccccc1CNCC1CCCO1. The van der Waals surface area contributed by atoms with Crippen molar-refractivity contribution >= 4 is 0 Å². The Balaban J connectivity index is 1.81. The standard InChI is InChI=1S/C15H21NO2/c1-2-9-18-15-8-4-3-6-13(15)11-16-12-14-7-5-10-17-14/h2-4,6,8,14,16H,1,5,7,9-12H2. The van der Waals surface area contributed by atoms with Crippen molar-refractivity contribution in [1.82, 2.24) is 5.32 Å². The van der Waals surface area contributed by atoms with Gasteiger partial charge in [0, 0.05) is 25.3 Å². The van der Waals surface area contributed by atoms with Crippen LogP contribution in [0.1, 0.15) is 18.4 Å². The minimum absolute atomic E-state index is 0.381. The average molecular weight is 247 g/mol. The van der Waals surface area contributed by atoms with Crippen molar-refractivity contribution in [1.29, 1.82) is 0 Å². The fourth-order valence-corrected chi connectivity index (χ4v) is 2.11. The minimum atomic E-state index is 0.381. The van der Waals surface area contributed by atoms with E-state index in [0.717, 1.165) is 25.4 Å². The molecule has 3 heteroatoms. The summed E-state index contributed by atoms with van der Waals surface area (Å²) in [5, 5.41) is 3.43. The van der Waals surface area contributed by atoms with Gasteiger partial charge in [-0.25, -0.2) is 0 Å². The molecule has 0 radical (unpaired) electrons. The van der Waals surface area contributed by atoms with Gasteiger partial charge >= 0.3 is 0 Å². The number of ether oxygens (including phenoxy) is 2. The molecule has 0 aliphatic carbocycles. The third kappa shape index (κ3) is 3.86. The Bertz CT molecular complexity index is 373. The van der Waals surface area contributed by atoms with Crippen LogP contribution in [0, 0.1) is 0 Å². The van der Waals surface area contributed by atoms with E-state index >= 15 is 0 Å². The fraction of sp³-hybridized carbons (Fsp3) is 0.467. The van der Waals surface area contributed by atoms with Gasteiger partial charge in [-0.15, -0.1) is 0 Å². The number of nitrogens with one attached hydrogen (secondary N) is 1. The molecule has 1 aromatic carbocycles. The number of para-hydroxylation sites is 1. The minimum Gasteiger partial charge on any atom is -0.489 e. The summed E-state index contributed by atoms with van der Waals surface area (Å²) in [7, 11) is 0. The van der Waals surface area contributed by atoms with Crippen molar-refractivity contribution in [3.8, 4) is 5.75 Å². The third-order valence-corrected chi connectivity index (χ3v) is 3.04. The lowest BCUT2D eigenvalue weighted by Gasteiger charge is -2.13. The van der Waals surface area contributed by atoms with Gasteiger partial charge in [-0.2, -0.15) is 0 Å². The van der Waals surface area contributed by atoms with Gasteiger partial charge in [0.2, 0.25) is 0 Å². The summed E-state index contributed by atoms with van der Waals surface area (Å²) in [5.74, 6) is 0.928. The van der Waals surface area contributed by atoms with Crippen LogP contribution < -0.4 is 10.1 Å². The summed E-state index contributed by atoms with van der Waals surface area (Å²) in [6.45, 7) is 6.84. The Labute approximate surface area is 109 Å². The summed E-state index contributed by atoms with van der Waals surface area (Å²) in [5.41, 5.74) is 1.18. The van der Waals surface area contributed by atoms with Gasteiger partial charge in [-0.05, 0) is 18.9 Å². The topological polar surface area (TPSA) is 30.5 Å². The molecular formula is C15H21NO2. The molecule has 1 aliphatic heterocycles. The van der Waals surface area contributed by atoms with Crippen molar-refractivity contribution in [2.75, 3.05) is 19.8 Å². The van der Waals surface area contributed by atoms with Crippen molar-refractivity contribution in [2.45, 2.75) is 25.5 Å². The molecule has 1 saturated heterocycles. The molecule has 1 aromatic rings. The fourth-order valence-electron chi connectivity index (χ4n) is 2.11. The molecule has 0 amide bonds. The molecule has 18 heavy (non-hydrogen) atoms. The molecule has 0 saturated carbocycles. The Hall–Kier alpha value is -1.32. The first-order valence-electron chi connectivity index (χ1n) is 6.54. The summed E-state index contributed by atoms with van der Waals surface area (Å²) in [6.07, 6.45) is 4.50. The maximum absolute atomic E-state index is 5.62. The van der Waals surface area contributed by atoms with Gasteiger partial charge in [0.15, 0.2) is 0 Å². The first kappa shape index (κ1) is 13.1. The highest BCUT2D eigenvalue weighted by atomic mass is 16.5. The van der Waals surface area contributed by atoms with Crippen LogP contribution in [0.4, 0.5) is 0 Å². The summed E-state index contributed by atoms with van der Waals surface area (Å²) in [6, 6.07) is 8.10. The number of hydrogen-bond donors (Lipinski definition) is 1. The van der Waals surface area contributed by atoms with E-state index in [9.17, 15) is 0 Å². The summed E-state index contributed by atoms with van der Waals surface area (Å²) in [4.78, 5) is 0. The largest absolute Gasteiger partial charge is 0.489 e. The van der Waals surface area contributed by atoms with Gasteiger partial charge in [0.25, 0.3) is 0 Å². The second-order valence-corrected chi connectivity index (χ2v) is 4.47. The quantitative estimate of drug-likeness (QED) is 0.751. The molecular weight excluding hydrogens is 226 g/mol. The molecule has 2 rings (SSSR count). The van der Waals surface area contributed by atoms with Crippen LogP contribution in [0.2, 0.25) is 0 Å². The van der Waals surface area contributed by atoms with Gasteiger partial charge in [-0.3, -0.25) is 0 Å². The molecule has 1 aliphatic rings. The molecule has 1 heterocycles. The van der Waals surface area contributed by atoms with Crippen molar-refractivity contribution in [2.24, 2.45) is 0 Å². The smallest absolute Gasteiger partial charge is 0.124 e. The summed E-state index contributed by atoms with van der Waals surface area (Å²) < 4.78 is 11.2.